The molecule has 1 N–H and O–H groups in total. The highest BCUT2D eigenvalue weighted by molar-refractivity contribution is 7.89. The van der Waals surface area contributed by atoms with E-state index in [2.05, 4.69) is 0 Å². The molecule has 0 amide bonds. The zero-order valence-corrected chi connectivity index (χ0v) is 16.5. The smallest absolute Gasteiger partial charge is 0.243 e. The third-order valence-corrected chi connectivity index (χ3v) is 6.08. The molecule has 0 radical (unpaired) electrons. The molecule has 152 valence electrons. The van der Waals surface area contributed by atoms with Gasteiger partial charge < -0.3 is 9.84 Å². The van der Waals surface area contributed by atoms with Crippen LogP contribution in [0.25, 0.3) is 0 Å². The standard InChI is InChI=1S/C22H22FNO4S/c23-19-11-13-21(14-12-19)28-17-20(25)16-24(15-18-7-3-1-4-8-18)29(26,27)22-9-5-2-6-10-22/h1-14,20,25H,15-17H2. The second-order valence-electron chi connectivity index (χ2n) is 6.51. The highest BCUT2D eigenvalue weighted by atomic mass is 32.2. The highest BCUT2D eigenvalue weighted by Gasteiger charge is 2.27. The molecule has 0 spiro atoms. The van der Waals surface area contributed by atoms with E-state index in [0.717, 1.165) is 5.56 Å². The first kappa shape index (κ1) is 21.0. The number of halogens is 1. The molecule has 0 fully saturated rings. The van der Waals surface area contributed by atoms with E-state index >= 15 is 0 Å². The fourth-order valence-electron chi connectivity index (χ4n) is 2.79. The van der Waals surface area contributed by atoms with E-state index in [1.165, 1.54) is 40.7 Å². The van der Waals surface area contributed by atoms with E-state index in [0.29, 0.717) is 5.75 Å². The fraction of sp³-hybridized carbons (Fsp3) is 0.182. The first-order valence-corrected chi connectivity index (χ1v) is 10.5. The van der Waals surface area contributed by atoms with Gasteiger partial charge in [-0.3, -0.25) is 0 Å². The molecule has 1 atom stereocenters. The minimum Gasteiger partial charge on any atom is -0.491 e. The second kappa shape index (κ2) is 9.65. The van der Waals surface area contributed by atoms with Gasteiger partial charge in [0.1, 0.15) is 24.3 Å². The Hall–Kier alpha value is -2.74. The molecule has 3 aromatic carbocycles. The Morgan fingerprint density at radius 3 is 2.10 bits per heavy atom. The SMILES string of the molecule is O=S(=O)(c1ccccc1)N(Cc1ccccc1)CC(O)COc1ccc(F)cc1. The summed E-state index contributed by atoms with van der Waals surface area (Å²) in [6.45, 7) is -0.153. The normalized spacial score (nSPS) is 12.7. The summed E-state index contributed by atoms with van der Waals surface area (Å²) in [7, 11) is -3.81. The zero-order chi connectivity index (χ0) is 20.7. The molecule has 5 nitrogen and oxygen atoms in total. The fourth-order valence-corrected chi connectivity index (χ4v) is 4.27. The van der Waals surface area contributed by atoms with E-state index in [1.54, 1.807) is 18.2 Å². The van der Waals surface area contributed by atoms with Crippen molar-refractivity contribution in [2.45, 2.75) is 17.5 Å². The minimum absolute atomic E-state index is 0.117. The van der Waals surface area contributed by atoms with Crippen molar-refractivity contribution in [1.82, 2.24) is 4.31 Å². The summed E-state index contributed by atoms with van der Waals surface area (Å²) in [6.07, 6.45) is -1.07. The first-order chi connectivity index (χ1) is 13.9. The number of aliphatic hydroxyl groups is 1. The van der Waals surface area contributed by atoms with Crippen LogP contribution in [-0.2, 0) is 16.6 Å². The van der Waals surface area contributed by atoms with Gasteiger partial charge in [-0.25, -0.2) is 12.8 Å². The van der Waals surface area contributed by atoms with Crippen LogP contribution in [0.15, 0.2) is 89.8 Å². The van der Waals surface area contributed by atoms with Crippen LogP contribution >= 0.6 is 0 Å². The van der Waals surface area contributed by atoms with Crippen molar-refractivity contribution in [1.29, 1.82) is 0 Å². The Morgan fingerprint density at radius 2 is 1.48 bits per heavy atom. The largest absolute Gasteiger partial charge is 0.491 e. The summed E-state index contributed by atoms with van der Waals surface area (Å²) in [5.74, 6) is 0.00636. The lowest BCUT2D eigenvalue weighted by Gasteiger charge is -2.25. The molecule has 0 aliphatic carbocycles. The maximum atomic E-state index is 13.1. The van der Waals surface area contributed by atoms with Crippen LogP contribution in [0.5, 0.6) is 5.75 Å². The van der Waals surface area contributed by atoms with Crippen molar-refractivity contribution in [2.75, 3.05) is 13.2 Å². The van der Waals surface area contributed by atoms with Gasteiger partial charge in [-0.05, 0) is 42.0 Å². The molecule has 0 heterocycles. The number of nitrogens with zero attached hydrogens (tertiary/aromatic N) is 1. The Kier molecular flexibility index (Phi) is 6.98. The van der Waals surface area contributed by atoms with Crippen molar-refractivity contribution >= 4 is 10.0 Å². The van der Waals surface area contributed by atoms with Gasteiger partial charge in [0.2, 0.25) is 10.0 Å². The number of rotatable bonds is 9. The van der Waals surface area contributed by atoms with E-state index < -0.39 is 16.1 Å². The van der Waals surface area contributed by atoms with Crippen LogP contribution in [0, 0.1) is 5.82 Å². The number of hydrogen-bond donors (Lipinski definition) is 1. The number of benzene rings is 3. The van der Waals surface area contributed by atoms with Crippen molar-refractivity contribution in [3.05, 3.63) is 96.3 Å². The number of sulfonamides is 1. The van der Waals surface area contributed by atoms with Gasteiger partial charge in [0.25, 0.3) is 0 Å². The summed E-state index contributed by atoms with van der Waals surface area (Å²) in [5, 5.41) is 10.4. The molecular formula is C22H22FNO4S. The third-order valence-electron chi connectivity index (χ3n) is 4.25. The van der Waals surface area contributed by atoms with Crippen LogP contribution in [0.4, 0.5) is 4.39 Å². The number of hydrogen-bond acceptors (Lipinski definition) is 4. The molecular weight excluding hydrogens is 393 g/mol. The van der Waals surface area contributed by atoms with Crippen LogP contribution in [-0.4, -0.2) is 37.1 Å². The van der Waals surface area contributed by atoms with Gasteiger partial charge in [-0.2, -0.15) is 4.31 Å². The lowest BCUT2D eigenvalue weighted by molar-refractivity contribution is 0.0880. The van der Waals surface area contributed by atoms with E-state index in [1.807, 2.05) is 30.3 Å². The average molecular weight is 415 g/mol. The van der Waals surface area contributed by atoms with Gasteiger partial charge in [-0.15, -0.1) is 0 Å². The number of ether oxygens (including phenoxy) is 1. The van der Waals surface area contributed by atoms with E-state index in [-0.39, 0.29) is 30.4 Å². The zero-order valence-electron chi connectivity index (χ0n) is 15.7. The van der Waals surface area contributed by atoms with Crippen molar-refractivity contribution in [3.8, 4) is 5.75 Å². The summed E-state index contributed by atoms with van der Waals surface area (Å²) in [6, 6.07) is 22.7. The van der Waals surface area contributed by atoms with Crippen LogP contribution in [0.3, 0.4) is 0 Å². The van der Waals surface area contributed by atoms with Crippen LogP contribution < -0.4 is 4.74 Å². The van der Waals surface area contributed by atoms with Gasteiger partial charge in [0, 0.05) is 13.1 Å². The van der Waals surface area contributed by atoms with Gasteiger partial charge in [0.15, 0.2) is 0 Å². The molecule has 0 saturated heterocycles. The van der Waals surface area contributed by atoms with Gasteiger partial charge in [0.05, 0.1) is 4.90 Å². The summed E-state index contributed by atoms with van der Waals surface area (Å²) < 4.78 is 45.9. The molecule has 0 bridgehead atoms. The predicted molar refractivity (Wildman–Crippen MR) is 108 cm³/mol. The average Bonchev–Trinajstić information content (AvgIpc) is 2.74. The maximum Gasteiger partial charge on any atom is 0.243 e. The molecule has 0 saturated carbocycles. The quantitative estimate of drug-likeness (QED) is 0.581. The molecule has 0 aliphatic heterocycles. The Morgan fingerprint density at radius 1 is 0.897 bits per heavy atom. The topological polar surface area (TPSA) is 66.8 Å². The van der Waals surface area contributed by atoms with Crippen molar-refractivity contribution in [2.24, 2.45) is 0 Å². The van der Waals surface area contributed by atoms with Gasteiger partial charge >= 0.3 is 0 Å². The minimum atomic E-state index is -3.81. The lowest BCUT2D eigenvalue weighted by atomic mass is 10.2. The third kappa shape index (κ3) is 5.87. The molecule has 0 aromatic heterocycles. The van der Waals surface area contributed by atoms with Gasteiger partial charge in [-0.1, -0.05) is 48.5 Å². The number of aliphatic hydroxyl groups excluding tert-OH is 1. The first-order valence-electron chi connectivity index (χ1n) is 9.11. The van der Waals surface area contributed by atoms with Crippen molar-refractivity contribution < 1.29 is 22.7 Å². The molecule has 29 heavy (non-hydrogen) atoms. The highest BCUT2D eigenvalue weighted by Crippen LogP contribution is 2.19. The van der Waals surface area contributed by atoms with Crippen LogP contribution in [0.2, 0.25) is 0 Å². The van der Waals surface area contributed by atoms with Crippen molar-refractivity contribution in [3.63, 3.8) is 0 Å². The molecule has 1 unspecified atom stereocenters. The Bertz CT molecular complexity index is 996. The maximum absolute atomic E-state index is 13.1. The van der Waals surface area contributed by atoms with E-state index in [9.17, 15) is 17.9 Å². The van der Waals surface area contributed by atoms with Crippen LogP contribution in [0.1, 0.15) is 5.56 Å². The monoisotopic (exact) mass is 415 g/mol. The molecule has 3 aromatic rings. The Labute approximate surface area is 170 Å². The summed E-state index contributed by atoms with van der Waals surface area (Å²) in [4.78, 5) is 0.155. The molecule has 3 rings (SSSR count). The second-order valence-corrected chi connectivity index (χ2v) is 8.45. The Balaban J connectivity index is 1.74. The summed E-state index contributed by atoms with van der Waals surface area (Å²) in [5.41, 5.74) is 0.804. The predicted octanol–water partition coefficient (Wildman–Crippen LogP) is 3.46. The van der Waals surface area contributed by atoms with E-state index in [4.69, 9.17) is 4.74 Å². The lowest BCUT2D eigenvalue weighted by Crippen LogP contribution is -2.39. The molecule has 7 heteroatoms. The summed E-state index contributed by atoms with van der Waals surface area (Å²) >= 11 is 0. The molecule has 0 aliphatic rings.